The van der Waals surface area contributed by atoms with Gasteiger partial charge in [0.1, 0.15) is 5.82 Å². The Hall–Kier alpha value is -2.03. The van der Waals surface area contributed by atoms with E-state index in [-0.39, 0.29) is 11.4 Å². The number of carbonyl (C=O) groups is 1. The Morgan fingerprint density at radius 3 is 2.64 bits per heavy atom. The van der Waals surface area contributed by atoms with Crippen LogP contribution in [0.4, 0.5) is 4.39 Å². The third-order valence-corrected chi connectivity index (χ3v) is 4.34. The third-order valence-electron chi connectivity index (χ3n) is 2.70. The van der Waals surface area contributed by atoms with Crippen molar-refractivity contribution in [1.29, 1.82) is 0 Å². The van der Waals surface area contributed by atoms with Crippen LogP contribution in [-0.4, -0.2) is 24.5 Å². The smallest absolute Gasteiger partial charge is 0.338 e. The van der Waals surface area contributed by atoms with E-state index < -0.39 is 27.4 Å². The van der Waals surface area contributed by atoms with E-state index >= 15 is 0 Å². The summed E-state index contributed by atoms with van der Waals surface area (Å²) in [5.41, 5.74) is -0.214. The van der Waals surface area contributed by atoms with E-state index in [0.717, 1.165) is 12.1 Å². The minimum atomic E-state index is -4.00. The van der Waals surface area contributed by atoms with Gasteiger partial charge in [0.05, 0.1) is 22.7 Å². The monoisotopic (exact) mass is 344 g/mol. The Balaban J connectivity index is 2.20. The van der Waals surface area contributed by atoms with Gasteiger partial charge in [-0.05, 0) is 30.3 Å². The number of sulfonamides is 1. The first-order valence-electron chi connectivity index (χ1n) is 5.92. The lowest BCUT2D eigenvalue weighted by Crippen LogP contribution is -2.24. The van der Waals surface area contributed by atoms with Crippen LogP contribution in [0.3, 0.4) is 0 Å². The maximum atomic E-state index is 13.5. The number of pyridine rings is 1. The van der Waals surface area contributed by atoms with Gasteiger partial charge in [0.25, 0.3) is 0 Å². The maximum absolute atomic E-state index is 13.5. The van der Waals surface area contributed by atoms with Crippen molar-refractivity contribution >= 4 is 27.6 Å². The molecule has 0 radical (unpaired) electrons. The van der Waals surface area contributed by atoms with Gasteiger partial charge in [0.2, 0.25) is 10.0 Å². The van der Waals surface area contributed by atoms with Crippen molar-refractivity contribution in [3.05, 3.63) is 58.6 Å². The first kappa shape index (κ1) is 16.3. The topological polar surface area (TPSA) is 96.4 Å². The van der Waals surface area contributed by atoms with Crippen molar-refractivity contribution in [3.8, 4) is 0 Å². The predicted octanol–water partition coefficient (Wildman–Crippen LogP) is 2.05. The molecule has 0 aliphatic rings. The number of benzene rings is 1. The highest BCUT2D eigenvalue weighted by atomic mass is 35.5. The highest BCUT2D eigenvalue weighted by Gasteiger charge is 2.18. The second-order valence-electron chi connectivity index (χ2n) is 4.24. The number of hydrogen-bond donors (Lipinski definition) is 2. The Morgan fingerprint density at radius 1 is 1.32 bits per heavy atom. The quantitative estimate of drug-likeness (QED) is 0.865. The van der Waals surface area contributed by atoms with E-state index in [1.807, 2.05) is 0 Å². The van der Waals surface area contributed by atoms with Gasteiger partial charge in [-0.25, -0.2) is 22.3 Å². The van der Waals surface area contributed by atoms with Crippen LogP contribution in [0.1, 0.15) is 16.1 Å². The highest BCUT2D eigenvalue weighted by Crippen LogP contribution is 2.15. The molecule has 9 heteroatoms. The van der Waals surface area contributed by atoms with Gasteiger partial charge >= 0.3 is 5.97 Å². The molecular weight excluding hydrogens is 335 g/mol. The van der Waals surface area contributed by atoms with Crippen molar-refractivity contribution in [2.75, 3.05) is 0 Å². The molecule has 0 saturated heterocycles. The number of rotatable bonds is 5. The molecule has 1 aromatic carbocycles. The van der Waals surface area contributed by atoms with Gasteiger partial charge < -0.3 is 5.11 Å². The molecule has 0 unspecified atom stereocenters. The molecule has 1 aromatic heterocycles. The van der Waals surface area contributed by atoms with Crippen LogP contribution in [-0.2, 0) is 16.6 Å². The van der Waals surface area contributed by atoms with Crippen LogP contribution < -0.4 is 4.72 Å². The van der Waals surface area contributed by atoms with E-state index in [1.54, 1.807) is 6.07 Å². The second-order valence-corrected chi connectivity index (χ2v) is 6.44. The molecular formula is C13H10ClFN2O4S. The minimum Gasteiger partial charge on any atom is -0.478 e. The molecule has 0 amide bonds. The van der Waals surface area contributed by atoms with E-state index in [1.165, 1.54) is 12.3 Å². The molecule has 0 bridgehead atoms. The Morgan fingerprint density at radius 2 is 2.05 bits per heavy atom. The minimum absolute atomic E-state index is 0.134. The average molecular weight is 345 g/mol. The molecule has 1 heterocycles. The molecule has 116 valence electrons. The number of aromatic carboxylic acids is 1. The van der Waals surface area contributed by atoms with E-state index in [0.29, 0.717) is 16.8 Å². The molecule has 2 rings (SSSR count). The zero-order valence-electron chi connectivity index (χ0n) is 11.0. The number of carboxylic acids is 1. The van der Waals surface area contributed by atoms with Crippen LogP contribution in [0, 0.1) is 5.82 Å². The van der Waals surface area contributed by atoms with Gasteiger partial charge in [-0.2, -0.15) is 0 Å². The number of nitrogens with zero attached hydrogens (tertiary/aromatic N) is 1. The van der Waals surface area contributed by atoms with E-state index in [9.17, 15) is 17.6 Å². The maximum Gasteiger partial charge on any atom is 0.338 e. The Bertz CT molecular complexity index is 827. The Kier molecular flexibility index (Phi) is 4.74. The first-order chi connectivity index (χ1) is 10.3. The molecule has 0 saturated carbocycles. The lowest BCUT2D eigenvalue weighted by Gasteiger charge is -2.07. The van der Waals surface area contributed by atoms with Gasteiger partial charge in [0.15, 0.2) is 0 Å². The molecule has 0 aliphatic heterocycles. The number of nitrogens with one attached hydrogen (secondary N) is 1. The first-order valence-corrected chi connectivity index (χ1v) is 7.78. The summed E-state index contributed by atoms with van der Waals surface area (Å²) < 4.78 is 39.9. The summed E-state index contributed by atoms with van der Waals surface area (Å²) in [5, 5.41) is 9.12. The van der Waals surface area contributed by atoms with Gasteiger partial charge in [-0.15, -0.1) is 0 Å². The van der Waals surface area contributed by atoms with Crippen LogP contribution in [0.15, 0.2) is 41.4 Å². The van der Waals surface area contributed by atoms with Gasteiger partial charge in [0, 0.05) is 11.2 Å². The van der Waals surface area contributed by atoms with Gasteiger partial charge in [-0.3, -0.25) is 4.98 Å². The van der Waals surface area contributed by atoms with E-state index in [4.69, 9.17) is 16.7 Å². The fraction of sp³-hybridized carbons (Fsp3) is 0.0769. The summed E-state index contributed by atoms with van der Waals surface area (Å²) in [6.45, 7) is -0.134. The second kappa shape index (κ2) is 6.39. The van der Waals surface area contributed by atoms with E-state index in [2.05, 4.69) is 9.71 Å². The van der Waals surface area contributed by atoms with Gasteiger partial charge in [-0.1, -0.05) is 11.6 Å². The largest absolute Gasteiger partial charge is 0.478 e. The fourth-order valence-corrected chi connectivity index (χ4v) is 2.83. The number of hydrogen-bond acceptors (Lipinski definition) is 4. The molecule has 0 aliphatic carbocycles. The molecule has 0 spiro atoms. The fourth-order valence-electron chi connectivity index (χ4n) is 1.63. The van der Waals surface area contributed by atoms with Crippen molar-refractivity contribution in [1.82, 2.24) is 9.71 Å². The van der Waals surface area contributed by atoms with Crippen LogP contribution in [0.5, 0.6) is 0 Å². The lowest BCUT2D eigenvalue weighted by molar-refractivity contribution is 0.0691. The normalized spacial score (nSPS) is 11.4. The number of carboxylic acid groups (broad SMARTS) is 1. The molecule has 6 nitrogen and oxygen atoms in total. The molecule has 0 atom stereocenters. The summed E-state index contributed by atoms with van der Waals surface area (Å²) in [5.74, 6) is -2.60. The number of aromatic nitrogens is 1. The zero-order chi connectivity index (χ0) is 16.3. The van der Waals surface area contributed by atoms with Crippen LogP contribution in [0.2, 0.25) is 5.02 Å². The number of halogens is 2. The Labute approximate surface area is 130 Å². The van der Waals surface area contributed by atoms with Crippen LogP contribution >= 0.6 is 11.6 Å². The van der Waals surface area contributed by atoms with Crippen LogP contribution in [0.25, 0.3) is 0 Å². The molecule has 2 N–H and O–H groups in total. The zero-order valence-corrected chi connectivity index (χ0v) is 12.5. The standard InChI is InChI=1S/C13H10ClFN2O4S/c14-8-3-4-16-9(5-8)7-17-22(20,21)10-1-2-11(13(18)19)12(15)6-10/h1-6,17H,7H2,(H,18,19). The summed E-state index contributed by atoms with van der Waals surface area (Å²) in [4.78, 5) is 14.2. The SMILES string of the molecule is O=C(O)c1ccc(S(=O)(=O)NCc2cc(Cl)ccn2)cc1F. The highest BCUT2D eigenvalue weighted by molar-refractivity contribution is 7.89. The third kappa shape index (κ3) is 3.79. The summed E-state index contributed by atoms with van der Waals surface area (Å²) in [6.07, 6.45) is 1.42. The van der Waals surface area contributed by atoms with Crippen molar-refractivity contribution in [2.24, 2.45) is 0 Å². The van der Waals surface area contributed by atoms with Crippen molar-refractivity contribution < 1.29 is 22.7 Å². The van der Waals surface area contributed by atoms with Crippen molar-refractivity contribution in [3.63, 3.8) is 0 Å². The summed E-state index contributed by atoms with van der Waals surface area (Å²) >= 11 is 5.76. The predicted molar refractivity (Wildman–Crippen MR) is 76.6 cm³/mol. The average Bonchev–Trinajstić information content (AvgIpc) is 2.45. The lowest BCUT2D eigenvalue weighted by atomic mass is 10.2. The molecule has 22 heavy (non-hydrogen) atoms. The summed E-state index contributed by atoms with van der Waals surface area (Å²) in [6, 6.07) is 5.58. The summed E-state index contributed by atoms with van der Waals surface area (Å²) in [7, 11) is -4.00. The van der Waals surface area contributed by atoms with Crippen molar-refractivity contribution in [2.45, 2.75) is 11.4 Å². The molecule has 2 aromatic rings. The molecule has 0 fully saturated rings.